The zero-order valence-electron chi connectivity index (χ0n) is 9.23. The number of aromatic nitrogens is 2. The van der Waals surface area contributed by atoms with Gasteiger partial charge in [-0.15, -0.1) is 0 Å². The molecule has 0 radical (unpaired) electrons. The van der Waals surface area contributed by atoms with Crippen LogP contribution in [0, 0.1) is 0 Å². The Balaban J connectivity index is 2.05. The molecule has 1 heterocycles. The largest absolute Gasteiger partial charge is 0.381 e. The number of para-hydroxylation sites is 1. The van der Waals surface area contributed by atoms with Crippen molar-refractivity contribution in [3.63, 3.8) is 0 Å². The van der Waals surface area contributed by atoms with Crippen LogP contribution in [0.5, 0.6) is 0 Å². The minimum Gasteiger partial charge on any atom is -0.381 e. The van der Waals surface area contributed by atoms with Gasteiger partial charge in [-0.3, -0.25) is 0 Å². The van der Waals surface area contributed by atoms with Crippen molar-refractivity contribution in [3.05, 3.63) is 41.8 Å². The van der Waals surface area contributed by atoms with Crippen molar-refractivity contribution in [2.75, 3.05) is 5.32 Å². The van der Waals surface area contributed by atoms with E-state index >= 15 is 0 Å². The lowest BCUT2D eigenvalue weighted by Gasteiger charge is -2.12. The van der Waals surface area contributed by atoms with E-state index in [0.29, 0.717) is 6.04 Å². The molecular formula is C13H12ClN3. The average Bonchev–Trinajstić information content (AvgIpc) is 3.17. The molecule has 3 rings (SSSR count). The highest BCUT2D eigenvalue weighted by molar-refractivity contribution is 6.34. The van der Waals surface area contributed by atoms with Crippen LogP contribution >= 0.6 is 11.6 Å². The van der Waals surface area contributed by atoms with Crippen molar-refractivity contribution in [3.8, 4) is 11.3 Å². The quantitative estimate of drug-likeness (QED) is 0.901. The van der Waals surface area contributed by atoms with Gasteiger partial charge in [-0.2, -0.15) is 0 Å². The summed E-state index contributed by atoms with van der Waals surface area (Å²) in [4.78, 5) is 8.20. The van der Waals surface area contributed by atoms with E-state index in [9.17, 15) is 0 Å². The topological polar surface area (TPSA) is 37.8 Å². The van der Waals surface area contributed by atoms with Gasteiger partial charge in [-0.05, 0) is 25.0 Å². The van der Waals surface area contributed by atoms with Gasteiger partial charge in [0.2, 0.25) is 0 Å². The summed E-state index contributed by atoms with van der Waals surface area (Å²) in [5, 5.41) is 4.20. The monoisotopic (exact) mass is 245 g/mol. The van der Waals surface area contributed by atoms with Crippen molar-refractivity contribution in [2.24, 2.45) is 0 Å². The maximum absolute atomic E-state index is 6.25. The summed E-state index contributed by atoms with van der Waals surface area (Å²) in [5.74, 6) is 0. The molecule has 2 aromatic rings. The summed E-state index contributed by atoms with van der Waals surface area (Å²) < 4.78 is 0. The third-order valence-electron chi connectivity index (χ3n) is 2.80. The van der Waals surface area contributed by atoms with Gasteiger partial charge in [-0.25, -0.2) is 9.97 Å². The third-order valence-corrected chi connectivity index (χ3v) is 3.11. The van der Waals surface area contributed by atoms with E-state index in [1.165, 1.54) is 12.8 Å². The van der Waals surface area contributed by atoms with Gasteiger partial charge in [0.05, 0.1) is 16.4 Å². The summed E-state index contributed by atoms with van der Waals surface area (Å²) in [5.41, 5.74) is 2.91. The van der Waals surface area contributed by atoms with Gasteiger partial charge in [0.1, 0.15) is 6.33 Å². The number of nitrogens with zero attached hydrogens (tertiary/aromatic N) is 2. The predicted molar refractivity (Wildman–Crippen MR) is 69.1 cm³/mol. The normalized spacial score (nSPS) is 14.6. The third kappa shape index (κ3) is 2.24. The van der Waals surface area contributed by atoms with Crippen molar-refractivity contribution in [1.29, 1.82) is 0 Å². The lowest BCUT2D eigenvalue weighted by atomic mass is 10.1. The van der Waals surface area contributed by atoms with E-state index in [2.05, 4.69) is 15.3 Å². The first-order chi connectivity index (χ1) is 8.34. The number of hydrogen-bond donors (Lipinski definition) is 1. The molecule has 1 aromatic carbocycles. The second-order valence-corrected chi connectivity index (χ2v) is 4.58. The molecule has 1 N–H and O–H groups in total. The first kappa shape index (κ1) is 10.5. The zero-order chi connectivity index (χ0) is 11.7. The van der Waals surface area contributed by atoms with Crippen LogP contribution in [-0.4, -0.2) is 16.0 Å². The van der Waals surface area contributed by atoms with Crippen molar-refractivity contribution >= 4 is 17.3 Å². The summed E-state index contributed by atoms with van der Waals surface area (Å²) in [6.45, 7) is 0. The molecule has 0 saturated heterocycles. The Morgan fingerprint density at radius 1 is 1.24 bits per heavy atom. The summed E-state index contributed by atoms with van der Waals surface area (Å²) in [6.07, 6.45) is 5.73. The van der Waals surface area contributed by atoms with Gasteiger partial charge < -0.3 is 5.32 Å². The standard InChI is InChI=1S/C13H12ClN3/c14-11-3-1-2-10(12-6-7-15-8-16-12)13(11)17-9-4-5-9/h1-3,6-9,17H,4-5H2. The molecule has 0 amide bonds. The number of hydrogen-bond acceptors (Lipinski definition) is 3. The molecule has 0 aliphatic heterocycles. The molecule has 1 aliphatic carbocycles. The number of nitrogens with one attached hydrogen (secondary N) is 1. The smallest absolute Gasteiger partial charge is 0.116 e. The number of halogens is 1. The van der Waals surface area contributed by atoms with Crippen LogP contribution < -0.4 is 5.32 Å². The molecule has 1 aromatic heterocycles. The zero-order valence-corrected chi connectivity index (χ0v) is 9.98. The van der Waals surface area contributed by atoms with E-state index in [1.54, 1.807) is 12.5 Å². The molecule has 17 heavy (non-hydrogen) atoms. The van der Waals surface area contributed by atoms with Crippen LogP contribution in [0.15, 0.2) is 36.8 Å². The van der Waals surface area contributed by atoms with E-state index in [-0.39, 0.29) is 0 Å². The van der Waals surface area contributed by atoms with Crippen molar-refractivity contribution < 1.29 is 0 Å². The molecule has 0 unspecified atom stereocenters. The Bertz CT molecular complexity index is 523. The molecular weight excluding hydrogens is 234 g/mol. The fourth-order valence-electron chi connectivity index (χ4n) is 1.77. The van der Waals surface area contributed by atoms with Crippen LogP contribution in [0.4, 0.5) is 5.69 Å². The summed E-state index contributed by atoms with van der Waals surface area (Å²) in [7, 11) is 0. The molecule has 0 atom stereocenters. The highest BCUT2D eigenvalue weighted by Gasteiger charge is 2.23. The van der Waals surface area contributed by atoms with Gasteiger partial charge >= 0.3 is 0 Å². The van der Waals surface area contributed by atoms with Gasteiger partial charge in [-0.1, -0.05) is 23.7 Å². The number of anilines is 1. The first-order valence-corrected chi connectivity index (χ1v) is 6.04. The minimum absolute atomic E-state index is 0.565. The van der Waals surface area contributed by atoms with Gasteiger partial charge in [0, 0.05) is 17.8 Å². The van der Waals surface area contributed by atoms with Crippen LogP contribution in [0.3, 0.4) is 0 Å². The van der Waals surface area contributed by atoms with Gasteiger partial charge in [0.25, 0.3) is 0 Å². The molecule has 4 heteroatoms. The Morgan fingerprint density at radius 3 is 2.82 bits per heavy atom. The van der Waals surface area contributed by atoms with Crippen molar-refractivity contribution in [1.82, 2.24) is 9.97 Å². The van der Waals surface area contributed by atoms with E-state index in [0.717, 1.165) is 22.0 Å². The molecule has 0 bridgehead atoms. The molecule has 1 fully saturated rings. The lowest BCUT2D eigenvalue weighted by Crippen LogP contribution is -2.03. The molecule has 86 valence electrons. The minimum atomic E-state index is 0.565. The summed E-state index contributed by atoms with van der Waals surface area (Å²) in [6, 6.07) is 8.33. The second-order valence-electron chi connectivity index (χ2n) is 4.18. The Hall–Kier alpha value is -1.61. The second kappa shape index (κ2) is 4.34. The van der Waals surface area contributed by atoms with Crippen molar-refractivity contribution in [2.45, 2.75) is 18.9 Å². The van der Waals surface area contributed by atoms with Gasteiger partial charge in [0.15, 0.2) is 0 Å². The van der Waals surface area contributed by atoms with Crippen LogP contribution in [0.1, 0.15) is 12.8 Å². The number of rotatable bonds is 3. The molecule has 1 saturated carbocycles. The van der Waals surface area contributed by atoms with E-state index < -0.39 is 0 Å². The average molecular weight is 246 g/mol. The fourth-order valence-corrected chi connectivity index (χ4v) is 2.00. The highest BCUT2D eigenvalue weighted by Crippen LogP contribution is 2.36. The van der Waals surface area contributed by atoms with Crippen LogP contribution in [0.2, 0.25) is 5.02 Å². The maximum Gasteiger partial charge on any atom is 0.116 e. The Morgan fingerprint density at radius 2 is 2.12 bits per heavy atom. The van der Waals surface area contributed by atoms with Crippen LogP contribution in [0.25, 0.3) is 11.3 Å². The first-order valence-electron chi connectivity index (χ1n) is 5.66. The predicted octanol–water partition coefficient (Wildman–Crippen LogP) is 3.37. The number of benzene rings is 1. The lowest BCUT2D eigenvalue weighted by molar-refractivity contribution is 1.14. The summed E-state index contributed by atoms with van der Waals surface area (Å²) >= 11 is 6.25. The Labute approximate surface area is 105 Å². The SMILES string of the molecule is Clc1cccc(-c2ccncn2)c1NC1CC1. The molecule has 3 nitrogen and oxygen atoms in total. The van der Waals surface area contributed by atoms with E-state index in [4.69, 9.17) is 11.6 Å². The Kier molecular flexibility index (Phi) is 2.69. The van der Waals surface area contributed by atoms with E-state index in [1.807, 2.05) is 24.3 Å². The highest BCUT2D eigenvalue weighted by atomic mass is 35.5. The molecule has 0 spiro atoms. The van der Waals surface area contributed by atoms with Crippen LogP contribution in [-0.2, 0) is 0 Å². The molecule has 1 aliphatic rings. The fraction of sp³-hybridized carbons (Fsp3) is 0.231. The maximum atomic E-state index is 6.25.